The van der Waals surface area contributed by atoms with Crippen molar-refractivity contribution in [1.29, 1.82) is 5.26 Å². The number of pyridine rings is 1. The molecule has 4 nitrogen and oxygen atoms in total. The second kappa shape index (κ2) is 5.44. The summed E-state index contributed by atoms with van der Waals surface area (Å²) < 4.78 is 0. The van der Waals surface area contributed by atoms with Crippen molar-refractivity contribution in [2.45, 2.75) is 25.7 Å². The lowest BCUT2D eigenvalue weighted by Gasteiger charge is -2.25. The van der Waals surface area contributed by atoms with Crippen LogP contribution in [-0.4, -0.2) is 17.4 Å². The molecule has 88 valence electrons. The Bertz CT molecular complexity index is 429. The summed E-state index contributed by atoms with van der Waals surface area (Å²) in [4.78, 5) is 15.6. The summed E-state index contributed by atoms with van der Waals surface area (Å²) in [6, 6.07) is 5.11. The van der Waals surface area contributed by atoms with Gasteiger partial charge in [-0.15, -0.1) is 0 Å². The molecule has 0 radical (unpaired) electrons. The first-order valence-corrected chi connectivity index (χ1v) is 5.94. The second-order valence-corrected chi connectivity index (χ2v) is 4.39. The van der Waals surface area contributed by atoms with Gasteiger partial charge in [0, 0.05) is 12.7 Å². The monoisotopic (exact) mass is 229 g/mol. The predicted molar refractivity (Wildman–Crippen MR) is 63.2 cm³/mol. The zero-order valence-corrected chi connectivity index (χ0v) is 9.65. The molecule has 0 unspecified atom stereocenters. The van der Waals surface area contributed by atoms with Gasteiger partial charge in [0.1, 0.15) is 11.8 Å². The van der Waals surface area contributed by atoms with Crippen molar-refractivity contribution < 1.29 is 4.79 Å². The van der Waals surface area contributed by atoms with Crippen LogP contribution in [0.25, 0.3) is 0 Å². The maximum absolute atomic E-state index is 11.7. The van der Waals surface area contributed by atoms with Crippen molar-refractivity contribution >= 4 is 5.91 Å². The summed E-state index contributed by atoms with van der Waals surface area (Å²) in [6.07, 6.45) is 6.44. The molecule has 0 spiro atoms. The summed E-state index contributed by atoms with van der Waals surface area (Å²) >= 11 is 0. The lowest BCUT2D eigenvalue weighted by Crippen LogP contribution is -2.27. The third-order valence-corrected chi connectivity index (χ3v) is 3.20. The van der Waals surface area contributed by atoms with E-state index in [-0.39, 0.29) is 5.91 Å². The van der Waals surface area contributed by atoms with Gasteiger partial charge in [-0.2, -0.15) is 5.26 Å². The second-order valence-electron chi connectivity index (χ2n) is 4.39. The van der Waals surface area contributed by atoms with Crippen LogP contribution in [0.15, 0.2) is 18.3 Å². The van der Waals surface area contributed by atoms with Crippen LogP contribution in [0.2, 0.25) is 0 Å². The first-order valence-electron chi connectivity index (χ1n) is 5.94. The Labute approximate surface area is 101 Å². The van der Waals surface area contributed by atoms with Gasteiger partial charge in [-0.1, -0.05) is 19.3 Å². The fraction of sp³-hybridized carbons (Fsp3) is 0.462. The Morgan fingerprint density at radius 3 is 2.88 bits per heavy atom. The summed E-state index contributed by atoms with van der Waals surface area (Å²) in [5.74, 6) is 0.690. The molecule has 1 N–H and O–H groups in total. The Hall–Kier alpha value is -1.89. The maximum atomic E-state index is 11.7. The van der Waals surface area contributed by atoms with Crippen molar-refractivity contribution in [3.8, 4) is 6.07 Å². The SMILES string of the molecule is N#Cc1ccc(C(=O)NCCC2CCC2)cn1. The number of carbonyl (C=O) groups excluding carboxylic acids is 1. The van der Waals surface area contributed by atoms with E-state index in [1.807, 2.05) is 6.07 Å². The standard InChI is InChI=1S/C13H15N3O/c14-8-12-5-4-11(9-16-12)13(17)15-7-6-10-2-1-3-10/h4-5,9-10H,1-3,6-7H2,(H,15,17). The van der Waals surface area contributed by atoms with E-state index in [4.69, 9.17) is 5.26 Å². The number of hydrogen-bond acceptors (Lipinski definition) is 3. The number of nitriles is 1. The first-order chi connectivity index (χ1) is 8.29. The van der Waals surface area contributed by atoms with Crippen LogP contribution < -0.4 is 5.32 Å². The fourth-order valence-electron chi connectivity index (χ4n) is 1.87. The quantitative estimate of drug-likeness (QED) is 0.857. The van der Waals surface area contributed by atoms with Crippen molar-refractivity contribution in [2.75, 3.05) is 6.54 Å². The van der Waals surface area contributed by atoms with E-state index in [0.29, 0.717) is 11.3 Å². The maximum Gasteiger partial charge on any atom is 0.252 e. The molecule has 0 atom stereocenters. The molecular weight excluding hydrogens is 214 g/mol. The fourth-order valence-corrected chi connectivity index (χ4v) is 1.87. The van der Waals surface area contributed by atoms with Crippen molar-refractivity contribution in [1.82, 2.24) is 10.3 Å². The minimum Gasteiger partial charge on any atom is -0.352 e. The summed E-state index contributed by atoms with van der Waals surface area (Å²) in [5.41, 5.74) is 0.841. The van der Waals surface area contributed by atoms with Gasteiger partial charge in [-0.05, 0) is 24.5 Å². The van der Waals surface area contributed by atoms with E-state index < -0.39 is 0 Å². The predicted octanol–water partition coefficient (Wildman–Crippen LogP) is 1.87. The summed E-state index contributed by atoms with van der Waals surface area (Å²) in [6.45, 7) is 0.726. The summed E-state index contributed by atoms with van der Waals surface area (Å²) in [7, 11) is 0. The van der Waals surface area contributed by atoms with Gasteiger partial charge in [-0.25, -0.2) is 4.98 Å². The van der Waals surface area contributed by atoms with Crippen LogP contribution in [0.4, 0.5) is 0 Å². The molecule has 0 saturated heterocycles. The van der Waals surface area contributed by atoms with Gasteiger partial charge in [0.2, 0.25) is 0 Å². The molecule has 1 aromatic rings. The molecule has 0 aliphatic heterocycles. The number of aromatic nitrogens is 1. The lowest BCUT2D eigenvalue weighted by molar-refractivity contribution is 0.0948. The van der Waals surface area contributed by atoms with Gasteiger partial charge in [0.05, 0.1) is 5.56 Å². The third kappa shape index (κ3) is 3.04. The molecule has 1 aliphatic rings. The van der Waals surface area contributed by atoms with Crippen LogP contribution in [0, 0.1) is 17.2 Å². The molecule has 1 amide bonds. The van der Waals surface area contributed by atoms with E-state index in [9.17, 15) is 4.79 Å². The Morgan fingerprint density at radius 1 is 1.53 bits per heavy atom. The molecule has 0 bridgehead atoms. The minimum atomic E-state index is -0.110. The average Bonchev–Trinajstić information content (AvgIpc) is 2.32. The largest absolute Gasteiger partial charge is 0.352 e. The smallest absolute Gasteiger partial charge is 0.252 e. The molecular formula is C13H15N3O. The molecule has 2 rings (SSSR count). The highest BCUT2D eigenvalue weighted by Gasteiger charge is 2.17. The van der Waals surface area contributed by atoms with Crippen LogP contribution in [0.3, 0.4) is 0 Å². The molecule has 1 aromatic heterocycles. The number of carbonyl (C=O) groups is 1. The highest BCUT2D eigenvalue weighted by Crippen LogP contribution is 2.28. The number of nitrogens with zero attached hydrogens (tertiary/aromatic N) is 2. The van der Waals surface area contributed by atoms with E-state index >= 15 is 0 Å². The molecule has 4 heteroatoms. The lowest BCUT2D eigenvalue weighted by atomic mass is 9.83. The zero-order valence-electron chi connectivity index (χ0n) is 9.65. The van der Waals surface area contributed by atoms with Crippen LogP contribution >= 0.6 is 0 Å². The van der Waals surface area contributed by atoms with Crippen LogP contribution in [0.5, 0.6) is 0 Å². The minimum absolute atomic E-state index is 0.110. The molecule has 1 heterocycles. The Balaban J connectivity index is 1.79. The van der Waals surface area contributed by atoms with Gasteiger partial charge in [0.25, 0.3) is 5.91 Å². The summed E-state index contributed by atoms with van der Waals surface area (Å²) in [5, 5.41) is 11.5. The van der Waals surface area contributed by atoms with E-state index in [1.165, 1.54) is 25.5 Å². The highest BCUT2D eigenvalue weighted by molar-refractivity contribution is 5.93. The zero-order chi connectivity index (χ0) is 12.1. The van der Waals surface area contributed by atoms with Crippen molar-refractivity contribution in [3.63, 3.8) is 0 Å². The third-order valence-electron chi connectivity index (χ3n) is 3.20. The number of nitrogens with one attached hydrogen (secondary N) is 1. The number of rotatable bonds is 4. The van der Waals surface area contributed by atoms with Gasteiger partial charge >= 0.3 is 0 Å². The van der Waals surface area contributed by atoms with Crippen LogP contribution in [0.1, 0.15) is 41.7 Å². The number of hydrogen-bond donors (Lipinski definition) is 1. The van der Waals surface area contributed by atoms with E-state index in [0.717, 1.165) is 18.9 Å². The van der Waals surface area contributed by atoms with Crippen molar-refractivity contribution in [3.05, 3.63) is 29.6 Å². The molecule has 0 aromatic carbocycles. The Morgan fingerprint density at radius 2 is 2.35 bits per heavy atom. The molecule has 1 aliphatic carbocycles. The van der Waals surface area contributed by atoms with Gasteiger partial charge in [0.15, 0.2) is 0 Å². The Kier molecular flexibility index (Phi) is 3.71. The molecule has 17 heavy (non-hydrogen) atoms. The normalized spacial score (nSPS) is 14.8. The number of amides is 1. The van der Waals surface area contributed by atoms with Gasteiger partial charge < -0.3 is 5.32 Å². The molecule has 1 saturated carbocycles. The topological polar surface area (TPSA) is 65.8 Å². The average molecular weight is 229 g/mol. The first kappa shape index (κ1) is 11.6. The van der Waals surface area contributed by atoms with E-state index in [2.05, 4.69) is 10.3 Å². The van der Waals surface area contributed by atoms with Gasteiger partial charge in [-0.3, -0.25) is 4.79 Å². The highest BCUT2D eigenvalue weighted by atomic mass is 16.1. The van der Waals surface area contributed by atoms with Crippen LogP contribution in [-0.2, 0) is 0 Å². The van der Waals surface area contributed by atoms with E-state index in [1.54, 1.807) is 12.1 Å². The molecule has 1 fully saturated rings. The van der Waals surface area contributed by atoms with Crippen molar-refractivity contribution in [2.24, 2.45) is 5.92 Å².